The Morgan fingerprint density at radius 2 is 1.31 bits per heavy atom. The summed E-state index contributed by atoms with van der Waals surface area (Å²) < 4.78 is 9.16. The van der Waals surface area contributed by atoms with Crippen LogP contribution in [0.3, 0.4) is 0 Å². The minimum atomic E-state index is -0.136. The number of ether oxygens (including phenoxy) is 1. The molecule has 0 bridgehead atoms. The Labute approximate surface area is 363 Å². The molecule has 0 fully saturated rings. The quantitative estimate of drug-likeness (QED) is 0.167. The van der Waals surface area contributed by atoms with Crippen molar-refractivity contribution in [2.75, 3.05) is 16.5 Å². The molecule has 3 aromatic heterocycles. The van der Waals surface area contributed by atoms with Gasteiger partial charge in [0.15, 0.2) is 5.75 Å². The number of hydrogen-bond acceptors (Lipinski definition) is 5. The van der Waals surface area contributed by atoms with E-state index >= 15 is 0 Å². The van der Waals surface area contributed by atoms with Gasteiger partial charge in [0.2, 0.25) is 0 Å². The number of rotatable bonds is 6. The molecule has 2 aliphatic rings. The normalized spacial score (nSPS) is 14.0. The van der Waals surface area contributed by atoms with Crippen LogP contribution in [0.25, 0.3) is 49.9 Å². The Bertz CT molecular complexity index is 3250. The van der Waals surface area contributed by atoms with E-state index in [0.717, 1.165) is 62.2 Å². The molecule has 0 spiro atoms. The van der Waals surface area contributed by atoms with Gasteiger partial charge in [-0.25, -0.2) is 4.98 Å². The SMILES string of the molecule is Cc1nc(C)c(N2CN(c3c(-c4ccccc4)ccc4c3-c3ccccc3C4(C)C)c3ccccc32)cc1Oc1ccc2c3ccccc3n(-c3cc(C(C)(C)C)ccn3)c2c1. The summed E-state index contributed by atoms with van der Waals surface area (Å²) in [6.45, 7) is 16.2. The number of benzene rings is 6. The second-order valence-corrected chi connectivity index (χ2v) is 18.4. The second kappa shape index (κ2) is 13.9. The molecule has 6 heteroatoms. The zero-order chi connectivity index (χ0) is 42.5. The van der Waals surface area contributed by atoms with E-state index in [0.29, 0.717) is 6.67 Å². The number of pyridine rings is 2. The lowest BCUT2D eigenvalue weighted by Crippen LogP contribution is -2.26. The molecule has 0 amide bonds. The fourth-order valence-electron chi connectivity index (χ4n) is 9.99. The van der Waals surface area contributed by atoms with Crippen LogP contribution in [0.5, 0.6) is 11.5 Å². The molecular weight excluding hydrogens is 759 g/mol. The lowest BCUT2D eigenvalue weighted by molar-refractivity contribution is 0.476. The number of fused-ring (bicyclic) bond motifs is 7. The summed E-state index contributed by atoms with van der Waals surface area (Å²) in [6.07, 6.45) is 1.92. The number of aromatic nitrogens is 3. The van der Waals surface area contributed by atoms with Crippen LogP contribution in [0.15, 0.2) is 158 Å². The molecule has 0 atom stereocenters. The number of aryl methyl sites for hydroxylation is 2. The van der Waals surface area contributed by atoms with E-state index in [4.69, 9.17) is 14.7 Å². The second-order valence-electron chi connectivity index (χ2n) is 18.4. The van der Waals surface area contributed by atoms with Gasteiger partial charge in [-0.15, -0.1) is 0 Å². The van der Waals surface area contributed by atoms with Gasteiger partial charge in [0, 0.05) is 45.6 Å². The molecule has 1 aliphatic heterocycles. The highest BCUT2D eigenvalue weighted by molar-refractivity contribution is 6.09. The predicted molar refractivity (Wildman–Crippen MR) is 256 cm³/mol. The van der Waals surface area contributed by atoms with Crippen LogP contribution in [-0.2, 0) is 10.8 Å². The Morgan fingerprint density at radius 1 is 0.597 bits per heavy atom. The molecular formula is C56H49N5O. The van der Waals surface area contributed by atoms with Gasteiger partial charge in [-0.3, -0.25) is 9.55 Å². The fraction of sp³-hybridized carbons (Fsp3) is 0.179. The Hall–Kier alpha value is -7.18. The van der Waals surface area contributed by atoms with E-state index in [1.54, 1.807) is 0 Å². The van der Waals surface area contributed by atoms with Gasteiger partial charge < -0.3 is 14.5 Å². The number of para-hydroxylation sites is 3. The number of hydrogen-bond donors (Lipinski definition) is 0. The van der Waals surface area contributed by atoms with Crippen molar-refractivity contribution in [3.05, 3.63) is 186 Å². The largest absolute Gasteiger partial charge is 0.455 e. The highest BCUT2D eigenvalue weighted by Crippen LogP contribution is 2.58. The van der Waals surface area contributed by atoms with Crippen LogP contribution in [0.1, 0.15) is 62.7 Å². The molecule has 1 aliphatic carbocycles. The third-order valence-corrected chi connectivity index (χ3v) is 13.2. The molecule has 11 rings (SSSR count). The summed E-state index contributed by atoms with van der Waals surface area (Å²) in [5.41, 5.74) is 17.3. The number of anilines is 4. The first-order valence-corrected chi connectivity index (χ1v) is 21.6. The van der Waals surface area contributed by atoms with E-state index in [-0.39, 0.29) is 10.8 Å². The van der Waals surface area contributed by atoms with E-state index in [2.05, 4.69) is 208 Å². The maximum atomic E-state index is 6.90. The van der Waals surface area contributed by atoms with Crippen molar-refractivity contribution in [1.29, 1.82) is 0 Å². The van der Waals surface area contributed by atoms with Crippen molar-refractivity contribution >= 4 is 44.6 Å². The molecule has 4 heterocycles. The van der Waals surface area contributed by atoms with Crippen molar-refractivity contribution in [3.8, 4) is 39.6 Å². The van der Waals surface area contributed by atoms with Gasteiger partial charge in [0.05, 0.1) is 45.2 Å². The minimum Gasteiger partial charge on any atom is -0.455 e. The highest BCUT2D eigenvalue weighted by atomic mass is 16.5. The molecule has 0 radical (unpaired) electrons. The zero-order valence-electron chi connectivity index (χ0n) is 36.4. The number of nitrogens with zero attached hydrogens (tertiary/aromatic N) is 5. The van der Waals surface area contributed by atoms with E-state index in [9.17, 15) is 0 Å². The summed E-state index contributed by atoms with van der Waals surface area (Å²) in [6, 6.07) is 54.7. The summed E-state index contributed by atoms with van der Waals surface area (Å²) in [7, 11) is 0. The van der Waals surface area contributed by atoms with Gasteiger partial charge in [-0.05, 0) is 89.5 Å². The van der Waals surface area contributed by atoms with Crippen LogP contribution in [0.2, 0.25) is 0 Å². The van der Waals surface area contributed by atoms with Crippen LogP contribution >= 0.6 is 0 Å². The predicted octanol–water partition coefficient (Wildman–Crippen LogP) is 14.5. The molecule has 6 nitrogen and oxygen atoms in total. The summed E-state index contributed by atoms with van der Waals surface area (Å²) in [5.74, 6) is 2.35. The molecule has 0 unspecified atom stereocenters. The maximum absolute atomic E-state index is 6.90. The van der Waals surface area contributed by atoms with Crippen LogP contribution < -0.4 is 14.5 Å². The molecule has 6 aromatic carbocycles. The lowest BCUT2D eigenvalue weighted by atomic mass is 9.82. The molecule has 9 aromatic rings. The van der Waals surface area contributed by atoms with Gasteiger partial charge in [-0.1, -0.05) is 132 Å². The molecule has 62 heavy (non-hydrogen) atoms. The molecule has 0 saturated heterocycles. The van der Waals surface area contributed by atoms with E-state index < -0.39 is 0 Å². The third-order valence-electron chi connectivity index (χ3n) is 13.2. The average molecular weight is 808 g/mol. The van der Waals surface area contributed by atoms with Gasteiger partial charge in [0.25, 0.3) is 0 Å². The standard InChI is InChI=1S/C56H49N5O/c1-35-49(33-51(36(2)58-35)62-39-25-26-42-41-19-12-14-22-46(41)61(50(42)32-39)52-31-38(29-30-57-52)55(3,4)5)59-34-60(48-24-16-15-23-47(48)59)54-40(37-17-9-8-10-18-37)27-28-45-53(54)43-20-11-13-21-44(43)56(45,6)7/h8-33H,34H2,1-7H3. The van der Waals surface area contributed by atoms with Crippen LogP contribution in [0, 0.1) is 13.8 Å². The zero-order valence-corrected chi connectivity index (χ0v) is 36.4. The van der Waals surface area contributed by atoms with Gasteiger partial charge in [0.1, 0.15) is 18.2 Å². The maximum Gasteiger partial charge on any atom is 0.150 e. The van der Waals surface area contributed by atoms with Crippen molar-refractivity contribution in [2.45, 2.75) is 59.3 Å². The van der Waals surface area contributed by atoms with Crippen molar-refractivity contribution in [3.63, 3.8) is 0 Å². The Balaban J connectivity index is 1.02. The highest BCUT2D eigenvalue weighted by Gasteiger charge is 2.41. The van der Waals surface area contributed by atoms with Crippen molar-refractivity contribution in [2.24, 2.45) is 0 Å². The first-order chi connectivity index (χ1) is 30.0. The van der Waals surface area contributed by atoms with E-state index in [1.165, 1.54) is 50.0 Å². The lowest BCUT2D eigenvalue weighted by Gasteiger charge is -2.29. The Kier molecular flexibility index (Phi) is 8.49. The van der Waals surface area contributed by atoms with Gasteiger partial charge in [-0.2, -0.15) is 0 Å². The first kappa shape index (κ1) is 37.8. The summed E-state index contributed by atoms with van der Waals surface area (Å²) in [5, 5.41) is 2.33. The van der Waals surface area contributed by atoms with Crippen LogP contribution in [-0.4, -0.2) is 21.2 Å². The Morgan fingerprint density at radius 3 is 2.11 bits per heavy atom. The summed E-state index contributed by atoms with van der Waals surface area (Å²) >= 11 is 0. The van der Waals surface area contributed by atoms with Crippen molar-refractivity contribution < 1.29 is 4.74 Å². The molecule has 304 valence electrons. The molecule has 0 saturated carbocycles. The van der Waals surface area contributed by atoms with Crippen LogP contribution in [0.4, 0.5) is 22.7 Å². The third kappa shape index (κ3) is 5.84. The fourth-order valence-corrected chi connectivity index (χ4v) is 9.99. The monoisotopic (exact) mass is 807 g/mol. The average Bonchev–Trinajstić information content (AvgIpc) is 3.90. The minimum absolute atomic E-state index is 0.0149. The molecule has 0 N–H and O–H groups in total. The smallest absolute Gasteiger partial charge is 0.150 e. The first-order valence-electron chi connectivity index (χ1n) is 21.6. The van der Waals surface area contributed by atoms with Gasteiger partial charge >= 0.3 is 0 Å². The van der Waals surface area contributed by atoms with Crippen molar-refractivity contribution in [1.82, 2.24) is 14.5 Å². The van der Waals surface area contributed by atoms with E-state index in [1.807, 2.05) is 13.1 Å². The topological polar surface area (TPSA) is 46.4 Å². The summed E-state index contributed by atoms with van der Waals surface area (Å²) in [4.78, 5) is 15.0.